The highest BCUT2D eigenvalue weighted by atomic mass is 32.1. The van der Waals surface area contributed by atoms with Crippen LogP contribution in [0.2, 0.25) is 0 Å². The number of aromatic nitrogens is 2. The lowest BCUT2D eigenvalue weighted by atomic mass is 10.2. The molecule has 4 nitrogen and oxygen atoms in total. The summed E-state index contributed by atoms with van der Waals surface area (Å²) in [7, 11) is 0. The number of anilines is 1. The van der Waals surface area contributed by atoms with E-state index in [0.29, 0.717) is 11.0 Å². The Morgan fingerprint density at radius 1 is 1.56 bits per heavy atom. The second-order valence-electron chi connectivity index (χ2n) is 3.92. The second kappa shape index (κ2) is 5.75. The molecule has 0 unspecified atom stereocenters. The summed E-state index contributed by atoms with van der Waals surface area (Å²) in [6.07, 6.45) is 2.66. The third-order valence-corrected chi connectivity index (χ3v) is 2.55. The molecule has 1 rings (SSSR count). The van der Waals surface area contributed by atoms with Crippen LogP contribution in [0, 0.1) is 0 Å². The quantitative estimate of drug-likeness (QED) is 0.792. The van der Waals surface area contributed by atoms with E-state index in [9.17, 15) is 0 Å². The Morgan fingerprint density at radius 3 is 2.75 bits per heavy atom. The number of nitrogens with zero attached hydrogens (tertiary/aromatic N) is 3. The molecule has 0 aromatic carbocycles. The van der Waals surface area contributed by atoms with Gasteiger partial charge in [0.2, 0.25) is 0 Å². The normalized spacial score (nSPS) is 10.5. The van der Waals surface area contributed by atoms with Gasteiger partial charge in [-0.2, -0.15) is 5.10 Å². The summed E-state index contributed by atoms with van der Waals surface area (Å²) >= 11 is 5.02. The topological polar surface area (TPSA) is 55.0 Å². The molecule has 2 N–H and O–H groups in total. The van der Waals surface area contributed by atoms with Crippen molar-refractivity contribution >= 4 is 23.0 Å². The van der Waals surface area contributed by atoms with Crippen molar-refractivity contribution in [3.05, 3.63) is 17.8 Å². The first-order valence-corrected chi connectivity index (χ1v) is 5.86. The van der Waals surface area contributed by atoms with Gasteiger partial charge in [0.25, 0.3) is 0 Å². The van der Waals surface area contributed by atoms with Crippen molar-refractivity contribution in [1.29, 1.82) is 0 Å². The summed E-state index contributed by atoms with van der Waals surface area (Å²) in [5.74, 6) is 0.784. The standard InChI is InChI=1S/C11H18N4S/c1-4-7-15(8(2)3)11-9(10(12)16)5-6-13-14-11/h5-6,8H,4,7H2,1-3H3,(H2,12,16). The van der Waals surface area contributed by atoms with Gasteiger partial charge >= 0.3 is 0 Å². The van der Waals surface area contributed by atoms with Gasteiger partial charge in [0.15, 0.2) is 5.82 Å². The van der Waals surface area contributed by atoms with E-state index in [2.05, 4.69) is 35.9 Å². The molecule has 0 bridgehead atoms. The van der Waals surface area contributed by atoms with Gasteiger partial charge in [-0.25, -0.2) is 0 Å². The number of nitrogens with two attached hydrogens (primary N) is 1. The molecule has 0 saturated carbocycles. The first-order chi connectivity index (χ1) is 7.57. The van der Waals surface area contributed by atoms with Crippen LogP contribution < -0.4 is 10.6 Å². The van der Waals surface area contributed by atoms with E-state index in [1.165, 1.54) is 0 Å². The van der Waals surface area contributed by atoms with Crippen molar-refractivity contribution in [2.45, 2.75) is 33.2 Å². The molecule has 0 aliphatic heterocycles. The maximum Gasteiger partial charge on any atom is 0.161 e. The largest absolute Gasteiger partial charge is 0.389 e. The van der Waals surface area contributed by atoms with Crippen molar-refractivity contribution in [1.82, 2.24) is 10.2 Å². The van der Waals surface area contributed by atoms with Crippen molar-refractivity contribution in [2.75, 3.05) is 11.4 Å². The molecule has 0 radical (unpaired) electrons. The lowest BCUT2D eigenvalue weighted by Gasteiger charge is -2.28. The highest BCUT2D eigenvalue weighted by molar-refractivity contribution is 7.80. The van der Waals surface area contributed by atoms with Crippen LogP contribution in [0.3, 0.4) is 0 Å². The molecule has 1 aromatic heterocycles. The van der Waals surface area contributed by atoms with Crippen LogP contribution in [0.15, 0.2) is 12.3 Å². The molecule has 0 spiro atoms. The van der Waals surface area contributed by atoms with E-state index < -0.39 is 0 Å². The number of thiocarbonyl (C=S) groups is 1. The van der Waals surface area contributed by atoms with Crippen LogP contribution in [0.5, 0.6) is 0 Å². The fourth-order valence-electron chi connectivity index (χ4n) is 1.58. The molecular weight excluding hydrogens is 220 g/mol. The molecule has 0 atom stereocenters. The minimum atomic E-state index is 0.352. The molecule has 0 aliphatic carbocycles. The van der Waals surface area contributed by atoms with Gasteiger partial charge < -0.3 is 10.6 Å². The molecule has 1 heterocycles. The van der Waals surface area contributed by atoms with E-state index >= 15 is 0 Å². The van der Waals surface area contributed by atoms with Crippen LogP contribution in [-0.2, 0) is 0 Å². The average molecular weight is 238 g/mol. The van der Waals surface area contributed by atoms with E-state index in [-0.39, 0.29) is 0 Å². The highest BCUT2D eigenvalue weighted by Crippen LogP contribution is 2.18. The van der Waals surface area contributed by atoms with E-state index in [0.717, 1.165) is 24.3 Å². The highest BCUT2D eigenvalue weighted by Gasteiger charge is 2.16. The zero-order valence-corrected chi connectivity index (χ0v) is 10.8. The van der Waals surface area contributed by atoms with Crippen LogP contribution >= 0.6 is 12.2 Å². The summed E-state index contributed by atoms with van der Waals surface area (Å²) in [5, 5.41) is 8.05. The third kappa shape index (κ3) is 2.88. The van der Waals surface area contributed by atoms with Gasteiger partial charge in [-0.15, -0.1) is 5.10 Å². The van der Waals surface area contributed by atoms with Crippen molar-refractivity contribution < 1.29 is 0 Å². The van der Waals surface area contributed by atoms with Crippen LogP contribution in [0.4, 0.5) is 5.82 Å². The predicted octanol–water partition coefficient (Wildman–Crippen LogP) is 1.74. The summed E-state index contributed by atoms with van der Waals surface area (Å²) in [6.45, 7) is 7.29. The first-order valence-electron chi connectivity index (χ1n) is 5.46. The molecule has 1 aromatic rings. The Labute approximate surface area is 102 Å². The van der Waals surface area contributed by atoms with Gasteiger partial charge in [0.05, 0.1) is 11.8 Å². The van der Waals surface area contributed by atoms with Crippen LogP contribution in [0.25, 0.3) is 0 Å². The summed E-state index contributed by atoms with van der Waals surface area (Å²) in [4.78, 5) is 2.54. The van der Waals surface area contributed by atoms with Gasteiger partial charge in [0, 0.05) is 12.6 Å². The minimum absolute atomic E-state index is 0.352. The Kier molecular flexibility index (Phi) is 4.61. The lowest BCUT2D eigenvalue weighted by Crippen LogP contribution is -2.34. The van der Waals surface area contributed by atoms with Gasteiger partial charge in [0.1, 0.15) is 4.99 Å². The zero-order valence-electron chi connectivity index (χ0n) is 9.97. The Balaban J connectivity index is 3.12. The summed E-state index contributed by atoms with van der Waals surface area (Å²) in [5.41, 5.74) is 6.48. The Morgan fingerprint density at radius 2 is 2.25 bits per heavy atom. The van der Waals surface area contributed by atoms with Gasteiger partial charge in [-0.05, 0) is 26.3 Å². The second-order valence-corrected chi connectivity index (χ2v) is 4.36. The zero-order chi connectivity index (χ0) is 12.1. The summed E-state index contributed by atoms with van der Waals surface area (Å²) in [6, 6.07) is 2.17. The maximum atomic E-state index is 5.69. The van der Waals surface area contributed by atoms with Crippen LogP contribution in [-0.4, -0.2) is 27.8 Å². The van der Waals surface area contributed by atoms with E-state index in [1.807, 2.05) is 6.07 Å². The van der Waals surface area contributed by atoms with E-state index in [4.69, 9.17) is 18.0 Å². The fourth-order valence-corrected chi connectivity index (χ4v) is 1.74. The molecule has 16 heavy (non-hydrogen) atoms. The Bertz CT molecular complexity index is 365. The van der Waals surface area contributed by atoms with Gasteiger partial charge in [-0.3, -0.25) is 0 Å². The lowest BCUT2D eigenvalue weighted by molar-refractivity contribution is 0.656. The molecule has 0 aliphatic rings. The molecular formula is C11H18N4S. The Hall–Kier alpha value is -1.23. The fraction of sp³-hybridized carbons (Fsp3) is 0.545. The van der Waals surface area contributed by atoms with E-state index in [1.54, 1.807) is 6.20 Å². The molecule has 88 valence electrons. The number of rotatable bonds is 5. The molecule has 0 saturated heterocycles. The minimum Gasteiger partial charge on any atom is -0.389 e. The van der Waals surface area contributed by atoms with Crippen LogP contribution in [0.1, 0.15) is 32.8 Å². The summed E-state index contributed by atoms with van der Waals surface area (Å²) < 4.78 is 0. The maximum absolute atomic E-state index is 5.69. The molecule has 5 heteroatoms. The monoisotopic (exact) mass is 238 g/mol. The predicted molar refractivity (Wildman–Crippen MR) is 70.7 cm³/mol. The van der Waals surface area contributed by atoms with Crippen molar-refractivity contribution in [2.24, 2.45) is 5.73 Å². The van der Waals surface area contributed by atoms with Crippen molar-refractivity contribution in [3.63, 3.8) is 0 Å². The smallest absolute Gasteiger partial charge is 0.161 e. The number of hydrogen-bond donors (Lipinski definition) is 1. The first kappa shape index (κ1) is 12.8. The molecule has 0 amide bonds. The number of hydrogen-bond acceptors (Lipinski definition) is 4. The third-order valence-electron chi connectivity index (χ3n) is 2.33. The molecule has 0 fully saturated rings. The SMILES string of the molecule is CCCN(c1nnccc1C(N)=S)C(C)C. The van der Waals surface area contributed by atoms with Gasteiger partial charge in [-0.1, -0.05) is 19.1 Å². The average Bonchev–Trinajstić information content (AvgIpc) is 2.25. The van der Waals surface area contributed by atoms with Crippen molar-refractivity contribution in [3.8, 4) is 0 Å².